The van der Waals surface area contributed by atoms with Gasteiger partial charge in [0.1, 0.15) is 0 Å². The number of halogens is 6. The second kappa shape index (κ2) is 7.46. The summed E-state index contributed by atoms with van der Waals surface area (Å²) in [5, 5.41) is 9.06. The Labute approximate surface area is 150 Å². The lowest BCUT2D eigenvalue weighted by Crippen LogP contribution is -2.10. The summed E-state index contributed by atoms with van der Waals surface area (Å²) in [6, 6.07) is 8.15. The first kappa shape index (κ1) is 20.5. The average molecular weight is 388 g/mol. The first-order valence-electron chi connectivity index (χ1n) is 7.65. The van der Waals surface area contributed by atoms with Gasteiger partial charge >= 0.3 is 18.3 Å². The first-order valence-corrected chi connectivity index (χ1v) is 7.65. The molecule has 8 heteroatoms. The van der Waals surface area contributed by atoms with Gasteiger partial charge in [-0.15, -0.1) is 0 Å². The van der Waals surface area contributed by atoms with Crippen LogP contribution in [0.2, 0.25) is 0 Å². The minimum atomic E-state index is -4.64. The molecule has 27 heavy (non-hydrogen) atoms. The van der Waals surface area contributed by atoms with Crippen molar-refractivity contribution < 1.29 is 36.2 Å². The van der Waals surface area contributed by atoms with Crippen molar-refractivity contribution in [3.05, 3.63) is 82.4 Å². The van der Waals surface area contributed by atoms with Gasteiger partial charge in [0.2, 0.25) is 0 Å². The monoisotopic (exact) mass is 388 g/mol. The average Bonchev–Trinajstić information content (AvgIpc) is 2.58. The summed E-state index contributed by atoms with van der Waals surface area (Å²) in [4.78, 5) is 11.1. The number of hydrogen-bond acceptors (Lipinski definition) is 1. The summed E-state index contributed by atoms with van der Waals surface area (Å²) in [5.41, 5.74) is -2.08. The van der Waals surface area contributed by atoms with Crippen LogP contribution in [0.5, 0.6) is 0 Å². The van der Waals surface area contributed by atoms with Gasteiger partial charge in [-0.3, -0.25) is 0 Å². The van der Waals surface area contributed by atoms with Crippen molar-refractivity contribution in [3.63, 3.8) is 0 Å². The van der Waals surface area contributed by atoms with E-state index in [-0.39, 0.29) is 16.7 Å². The molecule has 0 fully saturated rings. The second-order valence-corrected chi connectivity index (χ2v) is 5.88. The molecule has 0 aliphatic heterocycles. The van der Waals surface area contributed by atoms with Crippen molar-refractivity contribution in [1.82, 2.24) is 0 Å². The van der Waals surface area contributed by atoms with Gasteiger partial charge in [0.25, 0.3) is 0 Å². The topological polar surface area (TPSA) is 37.3 Å². The molecule has 2 nitrogen and oxygen atoms in total. The number of benzene rings is 2. The predicted octanol–water partition coefficient (Wildman–Crippen LogP) is 5.89. The minimum absolute atomic E-state index is 0.0322. The third kappa shape index (κ3) is 5.12. The van der Waals surface area contributed by atoms with Crippen LogP contribution in [0.3, 0.4) is 0 Å². The van der Waals surface area contributed by atoms with Crippen LogP contribution >= 0.6 is 0 Å². The summed E-state index contributed by atoms with van der Waals surface area (Å²) >= 11 is 0. The lowest BCUT2D eigenvalue weighted by molar-refractivity contribution is -0.138. The van der Waals surface area contributed by atoms with Crippen molar-refractivity contribution in [3.8, 4) is 0 Å². The van der Waals surface area contributed by atoms with E-state index in [0.29, 0.717) is 0 Å². The Kier molecular flexibility index (Phi) is 5.67. The van der Waals surface area contributed by atoms with Crippen molar-refractivity contribution >= 4 is 5.97 Å². The molecule has 2 aromatic rings. The maximum Gasteiger partial charge on any atom is 0.416 e. The van der Waals surface area contributed by atoms with E-state index in [9.17, 15) is 31.1 Å². The van der Waals surface area contributed by atoms with Crippen LogP contribution in [0.1, 0.15) is 35.1 Å². The Hall–Kier alpha value is -2.77. The third-order valence-electron chi connectivity index (χ3n) is 3.90. The number of allylic oxidation sites excluding steroid dienone is 1. The highest BCUT2D eigenvalue weighted by Crippen LogP contribution is 2.36. The molecule has 0 heterocycles. The lowest BCUT2D eigenvalue weighted by atomic mass is 9.88. The fraction of sp³-hybridized carbons (Fsp3) is 0.211. The zero-order valence-corrected chi connectivity index (χ0v) is 13.9. The van der Waals surface area contributed by atoms with Gasteiger partial charge in [0, 0.05) is 11.5 Å². The highest BCUT2D eigenvalue weighted by atomic mass is 19.4. The van der Waals surface area contributed by atoms with E-state index >= 15 is 0 Å². The van der Waals surface area contributed by atoms with Crippen LogP contribution in [-0.2, 0) is 17.1 Å². The number of hydrogen-bond donors (Lipinski definition) is 1. The number of alkyl halides is 6. The number of aliphatic carboxylic acids is 1. The molecule has 1 N–H and O–H groups in total. The van der Waals surface area contributed by atoms with Gasteiger partial charge in [0.15, 0.2) is 0 Å². The molecule has 0 amide bonds. The summed E-state index contributed by atoms with van der Waals surface area (Å²) in [5.74, 6) is -2.41. The first-order chi connectivity index (χ1) is 12.4. The SMILES string of the molecule is CC(=CC(c1cccc(C(F)(F)F)c1)c1cccc(C(F)(F)F)c1)C(=O)O. The molecule has 144 valence electrons. The second-order valence-electron chi connectivity index (χ2n) is 5.88. The summed E-state index contributed by atoms with van der Waals surface area (Å²) in [6.07, 6.45) is -8.15. The summed E-state index contributed by atoms with van der Waals surface area (Å²) < 4.78 is 77.9. The minimum Gasteiger partial charge on any atom is -0.478 e. The molecular formula is C19H14F6O2. The maximum atomic E-state index is 13.0. The van der Waals surface area contributed by atoms with E-state index in [1.54, 1.807) is 0 Å². The maximum absolute atomic E-state index is 13.0. The normalized spacial score (nSPS) is 13.1. The van der Waals surface area contributed by atoms with Crippen molar-refractivity contribution in [1.29, 1.82) is 0 Å². The highest BCUT2D eigenvalue weighted by Gasteiger charge is 2.32. The summed E-state index contributed by atoms with van der Waals surface area (Å²) in [6.45, 7) is 1.22. The van der Waals surface area contributed by atoms with Crippen LogP contribution in [0.4, 0.5) is 26.3 Å². The molecule has 0 unspecified atom stereocenters. The van der Waals surface area contributed by atoms with E-state index < -0.39 is 35.4 Å². The van der Waals surface area contributed by atoms with E-state index in [0.717, 1.165) is 42.5 Å². The third-order valence-corrected chi connectivity index (χ3v) is 3.90. The lowest BCUT2D eigenvalue weighted by Gasteiger charge is -2.18. The molecular weight excluding hydrogens is 374 g/mol. The molecule has 0 atom stereocenters. The molecule has 0 radical (unpaired) electrons. The van der Waals surface area contributed by atoms with E-state index in [1.165, 1.54) is 19.1 Å². The molecule has 0 saturated carbocycles. The van der Waals surface area contributed by atoms with Gasteiger partial charge in [-0.05, 0) is 30.2 Å². The molecule has 0 aromatic heterocycles. The van der Waals surface area contributed by atoms with Crippen LogP contribution in [0.15, 0.2) is 60.2 Å². The standard InChI is InChI=1S/C19H14F6O2/c1-11(17(26)27)8-16(12-4-2-6-14(9-12)18(20,21)22)13-5-3-7-15(10-13)19(23,24)25/h2-10,16H,1H3,(H,26,27). The van der Waals surface area contributed by atoms with Gasteiger partial charge in [0.05, 0.1) is 11.1 Å². The molecule has 0 spiro atoms. The smallest absolute Gasteiger partial charge is 0.416 e. The zero-order valence-electron chi connectivity index (χ0n) is 13.9. The number of carboxylic acids is 1. The molecule has 2 rings (SSSR count). The van der Waals surface area contributed by atoms with Crippen LogP contribution in [0, 0.1) is 0 Å². The molecule has 0 saturated heterocycles. The zero-order chi connectivity index (χ0) is 20.4. The fourth-order valence-corrected chi connectivity index (χ4v) is 2.52. The highest BCUT2D eigenvalue weighted by molar-refractivity contribution is 5.86. The quantitative estimate of drug-likeness (QED) is 0.524. The Morgan fingerprint density at radius 3 is 1.63 bits per heavy atom. The predicted molar refractivity (Wildman–Crippen MR) is 86.1 cm³/mol. The van der Waals surface area contributed by atoms with Gasteiger partial charge in [-0.1, -0.05) is 42.5 Å². The Morgan fingerprint density at radius 1 is 0.889 bits per heavy atom. The fourth-order valence-electron chi connectivity index (χ4n) is 2.52. The molecule has 0 bridgehead atoms. The van der Waals surface area contributed by atoms with Crippen molar-refractivity contribution in [2.75, 3.05) is 0 Å². The van der Waals surface area contributed by atoms with Crippen molar-refractivity contribution in [2.24, 2.45) is 0 Å². The van der Waals surface area contributed by atoms with Gasteiger partial charge < -0.3 is 5.11 Å². The molecule has 0 aliphatic rings. The largest absolute Gasteiger partial charge is 0.478 e. The van der Waals surface area contributed by atoms with Crippen LogP contribution in [0.25, 0.3) is 0 Å². The van der Waals surface area contributed by atoms with Gasteiger partial charge in [-0.25, -0.2) is 4.79 Å². The Balaban J connectivity index is 2.64. The van der Waals surface area contributed by atoms with Gasteiger partial charge in [-0.2, -0.15) is 26.3 Å². The Bertz CT molecular complexity index is 807. The molecule has 0 aliphatic carbocycles. The molecule has 2 aromatic carbocycles. The van der Waals surface area contributed by atoms with Crippen molar-refractivity contribution in [2.45, 2.75) is 25.2 Å². The summed E-state index contributed by atoms with van der Waals surface area (Å²) in [7, 11) is 0. The van der Waals surface area contributed by atoms with E-state index in [2.05, 4.69) is 0 Å². The number of carboxylic acid groups (broad SMARTS) is 1. The Morgan fingerprint density at radius 2 is 1.30 bits per heavy atom. The number of carbonyl (C=O) groups is 1. The van der Waals surface area contributed by atoms with E-state index in [1.807, 2.05) is 0 Å². The number of rotatable bonds is 4. The van der Waals surface area contributed by atoms with Crippen LogP contribution < -0.4 is 0 Å². The van der Waals surface area contributed by atoms with Crippen LogP contribution in [-0.4, -0.2) is 11.1 Å². The van der Waals surface area contributed by atoms with E-state index in [4.69, 9.17) is 5.11 Å².